The van der Waals surface area contributed by atoms with Crippen molar-refractivity contribution in [3.05, 3.63) is 0 Å². The summed E-state index contributed by atoms with van der Waals surface area (Å²) in [6.45, 7) is 1.96. The van der Waals surface area contributed by atoms with Gasteiger partial charge in [-0.25, -0.2) is 0 Å². The molecule has 3 heteroatoms. The molecule has 0 unspecified atom stereocenters. The largest absolute Gasteiger partial charge is 0.381 e. The highest BCUT2D eigenvalue weighted by atomic mass is 16.5. The number of nitrogens with one attached hydrogen (secondary N) is 1. The molecule has 0 aromatic carbocycles. The number of ether oxygens (including phenoxy) is 1. The molecule has 3 aliphatic carbocycles. The predicted molar refractivity (Wildman–Crippen MR) is 49.9 cm³/mol. The molecule has 1 saturated heterocycles. The van der Waals surface area contributed by atoms with Crippen molar-refractivity contribution in [2.75, 3.05) is 13.2 Å². The molecule has 0 aromatic heterocycles. The first kappa shape index (κ1) is 8.21. The van der Waals surface area contributed by atoms with Crippen molar-refractivity contribution < 1.29 is 4.74 Å². The molecule has 13 heavy (non-hydrogen) atoms. The van der Waals surface area contributed by atoms with Gasteiger partial charge in [0.05, 0.1) is 0 Å². The van der Waals surface area contributed by atoms with Crippen molar-refractivity contribution in [1.82, 2.24) is 5.43 Å². The Bertz CT molecular complexity index is 203. The van der Waals surface area contributed by atoms with Crippen LogP contribution in [0.25, 0.3) is 0 Å². The minimum Gasteiger partial charge on any atom is -0.381 e. The summed E-state index contributed by atoms with van der Waals surface area (Å²) in [4.78, 5) is 0. The second kappa shape index (κ2) is 2.47. The molecule has 2 bridgehead atoms. The van der Waals surface area contributed by atoms with E-state index >= 15 is 0 Å². The maximum atomic E-state index is 5.52. The monoisotopic (exact) mass is 182 g/mol. The second-order valence-corrected chi connectivity index (χ2v) is 5.20. The van der Waals surface area contributed by atoms with Crippen LogP contribution in [-0.2, 0) is 4.74 Å². The summed E-state index contributed by atoms with van der Waals surface area (Å²) in [6.07, 6.45) is 6.52. The van der Waals surface area contributed by atoms with E-state index in [4.69, 9.17) is 10.6 Å². The van der Waals surface area contributed by atoms with E-state index in [2.05, 4.69) is 5.43 Å². The van der Waals surface area contributed by atoms with Crippen molar-refractivity contribution in [2.45, 2.75) is 37.6 Å². The zero-order chi connectivity index (χ0) is 8.94. The number of hydrogen-bond acceptors (Lipinski definition) is 3. The van der Waals surface area contributed by atoms with Gasteiger partial charge in [0, 0.05) is 18.8 Å². The van der Waals surface area contributed by atoms with Crippen LogP contribution in [0.2, 0.25) is 0 Å². The van der Waals surface area contributed by atoms with Crippen LogP contribution in [-0.4, -0.2) is 18.8 Å². The lowest BCUT2D eigenvalue weighted by Gasteiger charge is -2.73. The van der Waals surface area contributed by atoms with Crippen molar-refractivity contribution in [3.8, 4) is 0 Å². The van der Waals surface area contributed by atoms with Gasteiger partial charge >= 0.3 is 0 Å². The third kappa shape index (κ3) is 0.953. The summed E-state index contributed by atoms with van der Waals surface area (Å²) in [5, 5.41) is 0. The van der Waals surface area contributed by atoms with Gasteiger partial charge in [-0.2, -0.15) is 0 Å². The van der Waals surface area contributed by atoms with Gasteiger partial charge in [0.1, 0.15) is 0 Å². The fraction of sp³-hybridized carbons (Fsp3) is 1.00. The van der Waals surface area contributed by atoms with E-state index in [1.54, 1.807) is 0 Å². The maximum Gasteiger partial charge on any atom is 0.0468 e. The van der Waals surface area contributed by atoms with E-state index in [1.807, 2.05) is 0 Å². The van der Waals surface area contributed by atoms with Crippen LogP contribution >= 0.6 is 0 Å². The SMILES string of the molecule is NNC12CC(C3CCOCC3)(C1)C2. The molecule has 0 spiro atoms. The molecule has 4 rings (SSSR count). The molecule has 4 aliphatic rings. The maximum absolute atomic E-state index is 5.52. The minimum atomic E-state index is 0.359. The summed E-state index contributed by atoms with van der Waals surface area (Å²) >= 11 is 0. The van der Waals surface area contributed by atoms with Crippen molar-refractivity contribution in [3.63, 3.8) is 0 Å². The van der Waals surface area contributed by atoms with E-state index in [1.165, 1.54) is 32.1 Å². The zero-order valence-electron chi connectivity index (χ0n) is 8.01. The van der Waals surface area contributed by atoms with Gasteiger partial charge in [0.25, 0.3) is 0 Å². The standard InChI is InChI=1S/C10H18N2O/c11-12-10-5-9(6-10,7-10)8-1-3-13-4-2-8/h8,12H,1-7,11H2. The zero-order valence-corrected chi connectivity index (χ0v) is 8.01. The molecule has 0 radical (unpaired) electrons. The van der Waals surface area contributed by atoms with Crippen LogP contribution in [0.5, 0.6) is 0 Å². The Kier molecular flexibility index (Phi) is 1.56. The molecule has 3 saturated carbocycles. The molecular formula is C10H18N2O. The van der Waals surface area contributed by atoms with Crippen LogP contribution in [0.4, 0.5) is 0 Å². The van der Waals surface area contributed by atoms with Gasteiger partial charge in [-0.3, -0.25) is 11.3 Å². The van der Waals surface area contributed by atoms with E-state index in [-0.39, 0.29) is 0 Å². The molecule has 0 aromatic rings. The topological polar surface area (TPSA) is 47.3 Å². The van der Waals surface area contributed by atoms with E-state index < -0.39 is 0 Å². The molecule has 1 aliphatic heterocycles. The van der Waals surface area contributed by atoms with Crippen molar-refractivity contribution in [1.29, 1.82) is 0 Å². The van der Waals surface area contributed by atoms with Crippen molar-refractivity contribution in [2.24, 2.45) is 17.2 Å². The first-order valence-corrected chi connectivity index (χ1v) is 5.34. The summed E-state index contributed by atoms with van der Waals surface area (Å²) < 4.78 is 5.39. The highest BCUT2D eigenvalue weighted by Gasteiger charge is 2.69. The Labute approximate surface area is 79.0 Å². The first-order chi connectivity index (χ1) is 6.29. The summed E-state index contributed by atoms with van der Waals surface area (Å²) in [5.74, 6) is 6.45. The third-order valence-corrected chi connectivity index (χ3v) is 4.46. The molecule has 4 fully saturated rings. The summed E-state index contributed by atoms with van der Waals surface area (Å²) in [5.41, 5.74) is 4.01. The van der Waals surface area contributed by atoms with Crippen LogP contribution in [0.1, 0.15) is 32.1 Å². The average molecular weight is 182 g/mol. The van der Waals surface area contributed by atoms with Gasteiger partial charge in [0.15, 0.2) is 0 Å². The molecular weight excluding hydrogens is 164 g/mol. The fourth-order valence-corrected chi connectivity index (χ4v) is 3.76. The predicted octanol–water partition coefficient (Wildman–Crippen LogP) is 0.799. The molecule has 3 nitrogen and oxygen atoms in total. The summed E-state index contributed by atoms with van der Waals surface area (Å²) in [7, 11) is 0. The highest BCUT2D eigenvalue weighted by Crippen LogP contribution is 2.71. The van der Waals surface area contributed by atoms with Gasteiger partial charge < -0.3 is 4.74 Å². The normalized spacial score (nSPS) is 49.6. The van der Waals surface area contributed by atoms with Crippen LogP contribution in [0, 0.1) is 11.3 Å². The Morgan fingerprint density at radius 2 is 1.77 bits per heavy atom. The van der Waals surface area contributed by atoms with Crippen LogP contribution in [0.3, 0.4) is 0 Å². The highest BCUT2D eigenvalue weighted by molar-refractivity contribution is 5.24. The molecule has 3 N–H and O–H groups in total. The smallest absolute Gasteiger partial charge is 0.0468 e. The fourth-order valence-electron chi connectivity index (χ4n) is 3.76. The molecule has 0 atom stereocenters. The van der Waals surface area contributed by atoms with Crippen LogP contribution < -0.4 is 11.3 Å². The quantitative estimate of drug-likeness (QED) is 0.490. The third-order valence-electron chi connectivity index (χ3n) is 4.46. The molecule has 1 heterocycles. The molecule has 0 amide bonds. The average Bonchev–Trinajstić information content (AvgIpc) is 2.02. The lowest BCUT2D eigenvalue weighted by Crippen LogP contribution is -2.77. The Morgan fingerprint density at radius 1 is 1.15 bits per heavy atom. The number of hydrazine groups is 1. The second-order valence-electron chi connectivity index (χ2n) is 5.20. The first-order valence-electron chi connectivity index (χ1n) is 5.34. The van der Waals surface area contributed by atoms with Crippen molar-refractivity contribution >= 4 is 0 Å². The van der Waals surface area contributed by atoms with Gasteiger partial charge in [0.2, 0.25) is 0 Å². The van der Waals surface area contributed by atoms with Crippen LogP contribution in [0.15, 0.2) is 0 Å². The Morgan fingerprint density at radius 3 is 2.31 bits per heavy atom. The van der Waals surface area contributed by atoms with Gasteiger partial charge in [-0.15, -0.1) is 0 Å². The Balaban J connectivity index is 1.63. The number of nitrogens with two attached hydrogens (primary N) is 1. The lowest BCUT2D eigenvalue weighted by molar-refractivity contribution is -0.206. The molecule has 74 valence electrons. The van der Waals surface area contributed by atoms with E-state index in [0.29, 0.717) is 11.0 Å². The Hall–Kier alpha value is -0.120. The summed E-state index contributed by atoms with van der Waals surface area (Å²) in [6, 6.07) is 0. The van der Waals surface area contributed by atoms with E-state index in [9.17, 15) is 0 Å². The number of hydrogen-bond donors (Lipinski definition) is 2. The van der Waals surface area contributed by atoms with E-state index in [0.717, 1.165) is 19.1 Å². The minimum absolute atomic E-state index is 0.359. The van der Waals surface area contributed by atoms with Gasteiger partial charge in [-0.05, 0) is 43.4 Å². The lowest BCUT2D eigenvalue weighted by atomic mass is 9.35. The van der Waals surface area contributed by atoms with Gasteiger partial charge in [-0.1, -0.05) is 0 Å². The number of rotatable bonds is 2.